The van der Waals surface area contributed by atoms with Gasteiger partial charge in [-0.25, -0.2) is 4.98 Å². The van der Waals surface area contributed by atoms with Crippen LogP contribution in [0.15, 0.2) is 10.7 Å². The topological polar surface area (TPSA) is 89.3 Å². The van der Waals surface area contributed by atoms with Crippen LogP contribution < -0.4 is 5.73 Å². The van der Waals surface area contributed by atoms with Crippen LogP contribution in [0.2, 0.25) is 0 Å². The zero-order chi connectivity index (χ0) is 8.27. The van der Waals surface area contributed by atoms with Crippen molar-refractivity contribution in [2.75, 3.05) is 0 Å². The monoisotopic (exact) mass is 156 g/mol. The predicted octanol–water partition coefficient (Wildman–Crippen LogP) is -0.240. The van der Waals surface area contributed by atoms with Crippen LogP contribution in [0.3, 0.4) is 0 Å². The van der Waals surface area contributed by atoms with E-state index in [1.165, 1.54) is 6.26 Å². The summed E-state index contributed by atoms with van der Waals surface area (Å²) in [6.07, 6.45) is 1.18. The molecule has 0 aliphatic rings. The first kappa shape index (κ1) is 7.74. The number of aromatic nitrogens is 1. The molecular weight excluding hydrogens is 148 g/mol. The lowest BCUT2D eigenvalue weighted by Crippen LogP contribution is -2.01. The smallest absolute Gasteiger partial charge is 0.309 e. The number of carboxylic acid groups (broad SMARTS) is 1. The Labute approximate surface area is 62.8 Å². The van der Waals surface area contributed by atoms with E-state index in [1.54, 1.807) is 0 Å². The lowest BCUT2D eigenvalue weighted by atomic mass is 10.3. The minimum absolute atomic E-state index is 0.122. The van der Waals surface area contributed by atoms with E-state index in [0.717, 1.165) is 0 Å². The van der Waals surface area contributed by atoms with Crippen LogP contribution in [0.1, 0.15) is 11.6 Å². The molecule has 1 aromatic rings. The molecule has 3 N–H and O–H groups in total. The highest BCUT2D eigenvalue weighted by atomic mass is 16.4. The molecule has 0 radical (unpaired) electrons. The quantitative estimate of drug-likeness (QED) is 0.630. The summed E-state index contributed by atoms with van der Waals surface area (Å²) in [5.74, 6) is -0.567. The normalized spacial score (nSPS) is 9.91. The van der Waals surface area contributed by atoms with E-state index in [9.17, 15) is 4.79 Å². The van der Waals surface area contributed by atoms with Gasteiger partial charge in [-0.1, -0.05) is 0 Å². The summed E-state index contributed by atoms with van der Waals surface area (Å²) < 4.78 is 4.82. The Morgan fingerprint density at radius 2 is 2.55 bits per heavy atom. The molecule has 0 unspecified atom stereocenters. The van der Waals surface area contributed by atoms with Gasteiger partial charge in [0.1, 0.15) is 6.26 Å². The summed E-state index contributed by atoms with van der Waals surface area (Å²) in [5.41, 5.74) is 5.59. The van der Waals surface area contributed by atoms with Crippen LogP contribution in [0.25, 0.3) is 0 Å². The number of aliphatic carboxylic acids is 1. The summed E-state index contributed by atoms with van der Waals surface area (Å²) in [6, 6.07) is 0. The second-order valence-electron chi connectivity index (χ2n) is 2.01. The van der Waals surface area contributed by atoms with E-state index >= 15 is 0 Å². The molecule has 0 aliphatic heterocycles. The Balaban J connectivity index is 2.65. The Morgan fingerprint density at radius 1 is 1.82 bits per heavy atom. The van der Waals surface area contributed by atoms with Crippen molar-refractivity contribution in [2.45, 2.75) is 13.0 Å². The van der Waals surface area contributed by atoms with Gasteiger partial charge in [0.2, 0.25) is 5.89 Å². The molecule has 60 valence electrons. The van der Waals surface area contributed by atoms with Gasteiger partial charge < -0.3 is 15.3 Å². The van der Waals surface area contributed by atoms with Crippen molar-refractivity contribution in [3.8, 4) is 0 Å². The van der Waals surface area contributed by atoms with Crippen molar-refractivity contribution in [2.24, 2.45) is 5.73 Å². The Bertz CT molecular complexity index is 256. The molecule has 0 spiro atoms. The summed E-state index contributed by atoms with van der Waals surface area (Å²) in [4.78, 5) is 13.9. The van der Waals surface area contributed by atoms with E-state index in [4.69, 9.17) is 15.3 Å². The second-order valence-corrected chi connectivity index (χ2v) is 2.01. The fourth-order valence-corrected chi connectivity index (χ4v) is 0.679. The van der Waals surface area contributed by atoms with Gasteiger partial charge in [0, 0.05) is 0 Å². The van der Waals surface area contributed by atoms with Gasteiger partial charge in [0.25, 0.3) is 0 Å². The van der Waals surface area contributed by atoms with Crippen molar-refractivity contribution < 1.29 is 14.3 Å². The van der Waals surface area contributed by atoms with Crippen molar-refractivity contribution >= 4 is 5.97 Å². The molecule has 11 heavy (non-hydrogen) atoms. The molecule has 0 amide bonds. The van der Waals surface area contributed by atoms with Crippen molar-refractivity contribution in [3.63, 3.8) is 0 Å². The largest absolute Gasteiger partial charge is 0.481 e. The average molecular weight is 156 g/mol. The molecule has 0 fully saturated rings. The molecule has 0 atom stereocenters. The van der Waals surface area contributed by atoms with Crippen LogP contribution in [0, 0.1) is 0 Å². The molecule has 0 aliphatic carbocycles. The number of rotatable bonds is 3. The first-order chi connectivity index (χ1) is 5.22. The Morgan fingerprint density at radius 3 is 3.00 bits per heavy atom. The maximum atomic E-state index is 10.2. The Kier molecular flexibility index (Phi) is 2.22. The maximum Gasteiger partial charge on any atom is 0.309 e. The van der Waals surface area contributed by atoms with Crippen molar-refractivity contribution in [1.82, 2.24) is 4.98 Å². The van der Waals surface area contributed by atoms with Crippen LogP contribution in [-0.2, 0) is 17.8 Å². The SMILES string of the molecule is NCc1nc(CC(=O)O)co1. The molecular formula is C6H8N2O3. The second kappa shape index (κ2) is 3.16. The number of hydrogen-bond donors (Lipinski definition) is 2. The highest BCUT2D eigenvalue weighted by Crippen LogP contribution is 2.01. The number of oxazole rings is 1. The van der Waals surface area contributed by atoms with Crippen LogP contribution >= 0.6 is 0 Å². The van der Waals surface area contributed by atoms with Gasteiger partial charge in [0.05, 0.1) is 18.7 Å². The standard InChI is InChI=1S/C6H8N2O3/c7-2-5-8-4(3-11-5)1-6(9)10/h3H,1-2,7H2,(H,9,10). The number of hydrogen-bond acceptors (Lipinski definition) is 4. The highest BCUT2D eigenvalue weighted by molar-refractivity contribution is 5.69. The van der Waals surface area contributed by atoms with Gasteiger partial charge in [-0.05, 0) is 0 Å². The average Bonchev–Trinajstić information content (AvgIpc) is 2.34. The summed E-state index contributed by atoms with van der Waals surface area (Å²) in [7, 11) is 0. The number of carbonyl (C=O) groups is 1. The minimum atomic E-state index is -0.929. The van der Waals surface area contributed by atoms with Crippen molar-refractivity contribution in [1.29, 1.82) is 0 Å². The number of nitrogens with zero attached hydrogens (tertiary/aromatic N) is 1. The van der Waals surface area contributed by atoms with Gasteiger partial charge in [0.15, 0.2) is 0 Å². The fraction of sp³-hybridized carbons (Fsp3) is 0.333. The van der Waals surface area contributed by atoms with E-state index in [-0.39, 0.29) is 13.0 Å². The first-order valence-corrected chi connectivity index (χ1v) is 3.07. The van der Waals surface area contributed by atoms with E-state index in [2.05, 4.69) is 4.98 Å². The highest BCUT2D eigenvalue weighted by Gasteiger charge is 2.05. The molecule has 1 aromatic heterocycles. The van der Waals surface area contributed by atoms with Crippen LogP contribution in [0.4, 0.5) is 0 Å². The van der Waals surface area contributed by atoms with E-state index in [0.29, 0.717) is 11.6 Å². The predicted molar refractivity (Wildman–Crippen MR) is 35.7 cm³/mol. The molecule has 5 nitrogen and oxygen atoms in total. The summed E-state index contributed by atoms with van der Waals surface area (Å²) in [6.45, 7) is 0.194. The van der Waals surface area contributed by atoms with Gasteiger partial charge in [-0.15, -0.1) is 0 Å². The molecule has 1 heterocycles. The van der Waals surface area contributed by atoms with Crippen LogP contribution in [-0.4, -0.2) is 16.1 Å². The van der Waals surface area contributed by atoms with Crippen molar-refractivity contribution in [3.05, 3.63) is 17.8 Å². The molecule has 1 rings (SSSR count). The molecule has 0 saturated heterocycles. The summed E-state index contributed by atoms with van der Waals surface area (Å²) in [5, 5.41) is 8.34. The third-order valence-corrected chi connectivity index (χ3v) is 1.11. The lowest BCUT2D eigenvalue weighted by molar-refractivity contribution is -0.136. The molecule has 5 heteroatoms. The zero-order valence-corrected chi connectivity index (χ0v) is 5.78. The Hall–Kier alpha value is -1.36. The van der Waals surface area contributed by atoms with E-state index in [1.807, 2.05) is 0 Å². The van der Waals surface area contributed by atoms with Gasteiger partial charge in [-0.3, -0.25) is 4.79 Å². The first-order valence-electron chi connectivity index (χ1n) is 3.07. The molecule has 0 bridgehead atoms. The van der Waals surface area contributed by atoms with Crippen LogP contribution in [0.5, 0.6) is 0 Å². The van der Waals surface area contributed by atoms with Gasteiger partial charge >= 0.3 is 5.97 Å². The third-order valence-electron chi connectivity index (χ3n) is 1.11. The molecule has 0 saturated carbocycles. The molecule has 0 aromatic carbocycles. The third kappa shape index (κ3) is 2.05. The lowest BCUT2D eigenvalue weighted by Gasteiger charge is -1.84. The summed E-state index contributed by atoms with van der Waals surface area (Å²) >= 11 is 0. The zero-order valence-electron chi connectivity index (χ0n) is 5.78. The minimum Gasteiger partial charge on any atom is -0.481 e. The number of carboxylic acids is 1. The maximum absolute atomic E-state index is 10.2. The fourth-order valence-electron chi connectivity index (χ4n) is 0.679. The number of nitrogens with two attached hydrogens (primary N) is 1. The van der Waals surface area contributed by atoms with E-state index < -0.39 is 5.97 Å². The van der Waals surface area contributed by atoms with Gasteiger partial charge in [-0.2, -0.15) is 0 Å².